The molecule has 1 fully saturated rings. The first kappa shape index (κ1) is 15.1. The summed E-state index contributed by atoms with van der Waals surface area (Å²) in [5.74, 6) is 1.24. The van der Waals surface area contributed by atoms with Crippen LogP contribution in [0.2, 0.25) is 0 Å². The Balaban J connectivity index is 1.97. The number of aliphatic hydroxyl groups is 1. The van der Waals surface area contributed by atoms with Crippen LogP contribution in [-0.4, -0.2) is 36.4 Å². The van der Waals surface area contributed by atoms with Crippen LogP contribution in [0.15, 0.2) is 24.3 Å². The first-order valence-electron chi connectivity index (χ1n) is 7.97. The Labute approximate surface area is 131 Å². The number of methoxy groups -OCH3 is 1. The number of hydrogen-bond acceptors (Lipinski definition) is 4. The lowest BCUT2D eigenvalue weighted by Crippen LogP contribution is -2.37. The van der Waals surface area contributed by atoms with Gasteiger partial charge in [0.05, 0.1) is 13.2 Å². The Morgan fingerprint density at radius 1 is 1.32 bits per heavy atom. The normalized spacial score (nSPS) is 17.7. The van der Waals surface area contributed by atoms with E-state index in [4.69, 9.17) is 4.74 Å². The highest BCUT2D eigenvalue weighted by molar-refractivity contribution is 5.95. The summed E-state index contributed by atoms with van der Waals surface area (Å²) in [5, 5.41) is 10.9. The van der Waals surface area contributed by atoms with Gasteiger partial charge < -0.3 is 14.7 Å². The van der Waals surface area contributed by atoms with Crippen LogP contribution in [0, 0.1) is 12.8 Å². The Kier molecular flexibility index (Phi) is 4.21. The molecule has 0 spiro atoms. The SMILES string of the molecule is COc1cccc2c(N3CCC(C(C)O)CC3)cc(C)nc12. The highest BCUT2D eigenvalue weighted by Crippen LogP contribution is 2.34. The lowest BCUT2D eigenvalue weighted by atomic mass is 9.91. The third kappa shape index (κ3) is 2.75. The molecule has 2 heterocycles. The van der Waals surface area contributed by atoms with Crippen molar-refractivity contribution in [3.63, 3.8) is 0 Å². The fourth-order valence-electron chi connectivity index (χ4n) is 3.38. The van der Waals surface area contributed by atoms with Crippen molar-refractivity contribution >= 4 is 16.6 Å². The van der Waals surface area contributed by atoms with Gasteiger partial charge in [0.25, 0.3) is 0 Å². The second-order valence-corrected chi connectivity index (χ2v) is 6.20. The molecule has 1 aromatic heterocycles. The van der Waals surface area contributed by atoms with Gasteiger partial charge in [0.15, 0.2) is 0 Å². The lowest BCUT2D eigenvalue weighted by Gasteiger charge is -2.35. The van der Waals surface area contributed by atoms with Crippen molar-refractivity contribution in [2.24, 2.45) is 5.92 Å². The molecule has 0 saturated carbocycles. The van der Waals surface area contributed by atoms with Crippen molar-refractivity contribution in [3.8, 4) is 5.75 Å². The Hall–Kier alpha value is -1.81. The quantitative estimate of drug-likeness (QED) is 0.946. The molecule has 1 atom stereocenters. The van der Waals surface area contributed by atoms with Crippen LogP contribution in [0.1, 0.15) is 25.5 Å². The standard InChI is InChI=1S/C18H24N2O2/c1-12-11-16(20-9-7-14(8-10-20)13(2)21)15-5-4-6-17(22-3)18(15)19-12/h4-6,11,13-14,21H,7-10H2,1-3H3. The number of piperidine rings is 1. The average Bonchev–Trinajstić information content (AvgIpc) is 2.53. The number of fused-ring (bicyclic) bond motifs is 1. The molecule has 1 aliphatic heterocycles. The smallest absolute Gasteiger partial charge is 0.145 e. The number of pyridine rings is 1. The highest BCUT2D eigenvalue weighted by Gasteiger charge is 2.24. The monoisotopic (exact) mass is 300 g/mol. The molecular formula is C18H24N2O2. The van der Waals surface area contributed by atoms with E-state index in [2.05, 4.69) is 22.0 Å². The van der Waals surface area contributed by atoms with Crippen LogP contribution in [0.5, 0.6) is 5.75 Å². The molecule has 4 nitrogen and oxygen atoms in total. The third-order valence-corrected chi connectivity index (χ3v) is 4.69. The molecule has 0 bridgehead atoms. The summed E-state index contributed by atoms with van der Waals surface area (Å²) in [6, 6.07) is 8.24. The Morgan fingerprint density at radius 3 is 2.68 bits per heavy atom. The number of aliphatic hydroxyl groups excluding tert-OH is 1. The van der Waals surface area contributed by atoms with Crippen molar-refractivity contribution in [2.45, 2.75) is 32.8 Å². The van der Waals surface area contributed by atoms with Gasteiger partial charge in [-0.1, -0.05) is 12.1 Å². The molecule has 1 N–H and O–H groups in total. The molecule has 118 valence electrons. The van der Waals surface area contributed by atoms with E-state index in [0.29, 0.717) is 5.92 Å². The lowest BCUT2D eigenvalue weighted by molar-refractivity contribution is 0.110. The summed E-state index contributed by atoms with van der Waals surface area (Å²) in [5.41, 5.74) is 3.16. The number of para-hydroxylation sites is 1. The van der Waals surface area contributed by atoms with Gasteiger partial charge in [-0.15, -0.1) is 0 Å². The second-order valence-electron chi connectivity index (χ2n) is 6.20. The van der Waals surface area contributed by atoms with E-state index in [1.54, 1.807) is 7.11 Å². The summed E-state index contributed by atoms with van der Waals surface area (Å²) in [7, 11) is 1.69. The van der Waals surface area contributed by atoms with E-state index >= 15 is 0 Å². The van der Waals surface area contributed by atoms with Crippen LogP contribution in [0.3, 0.4) is 0 Å². The van der Waals surface area contributed by atoms with Gasteiger partial charge in [-0.25, -0.2) is 4.98 Å². The average molecular weight is 300 g/mol. The predicted molar refractivity (Wildman–Crippen MR) is 89.6 cm³/mol. The number of nitrogens with zero attached hydrogens (tertiary/aromatic N) is 2. The maximum absolute atomic E-state index is 9.77. The summed E-state index contributed by atoms with van der Waals surface area (Å²) >= 11 is 0. The van der Waals surface area contributed by atoms with Crippen molar-refractivity contribution in [1.29, 1.82) is 0 Å². The van der Waals surface area contributed by atoms with E-state index in [1.807, 2.05) is 26.0 Å². The van der Waals surface area contributed by atoms with Gasteiger partial charge in [0.2, 0.25) is 0 Å². The van der Waals surface area contributed by atoms with Gasteiger partial charge in [-0.2, -0.15) is 0 Å². The first-order chi connectivity index (χ1) is 10.6. The summed E-state index contributed by atoms with van der Waals surface area (Å²) < 4.78 is 5.46. The van der Waals surface area contributed by atoms with Gasteiger partial charge in [-0.05, 0) is 44.7 Å². The zero-order valence-corrected chi connectivity index (χ0v) is 13.5. The number of aromatic nitrogens is 1. The minimum absolute atomic E-state index is 0.210. The fraction of sp³-hybridized carbons (Fsp3) is 0.500. The number of ether oxygens (including phenoxy) is 1. The number of aryl methyl sites for hydroxylation is 1. The number of anilines is 1. The third-order valence-electron chi connectivity index (χ3n) is 4.69. The molecular weight excluding hydrogens is 276 g/mol. The molecule has 0 aliphatic carbocycles. The van der Waals surface area contributed by atoms with E-state index in [1.165, 1.54) is 5.69 Å². The maximum Gasteiger partial charge on any atom is 0.145 e. The molecule has 3 rings (SSSR count). The minimum Gasteiger partial charge on any atom is -0.494 e. The van der Waals surface area contributed by atoms with Gasteiger partial charge in [0.1, 0.15) is 11.3 Å². The molecule has 1 aliphatic rings. The Bertz CT molecular complexity index is 661. The highest BCUT2D eigenvalue weighted by atomic mass is 16.5. The summed E-state index contributed by atoms with van der Waals surface area (Å²) in [6.07, 6.45) is 1.85. The van der Waals surface area contributed by atoms with Crippen molar-refractivity contribution in [1.82, 2.24) is 4.98 Å². The number of hydrogen-bond donors (Lipinski definition) is 1. The van der Waals surface area contributed by atoms with Crippen LogP contribution in [0.25, 0.3) is 10.9 Å². The predicted octanol–water partition coefficient (Wildman–Crippen LogP) is 3.15. The van der Waals surface area contributed by atoms with Crippen LogP contribution >= 0.6 is 0 Å². The minimum atomic E-state index is -0.210. The van der Waals surface area contributed by atoms with E-state index in [0.717, 1.165) is 48.3 Å². The van der Waals surface area contributed by atoms with Gasteiger partial charge in [0, 0.05) is 29.9 Å². The summed E-state index contributed by atoms with van der Waals surface area (Å²) in [4.78, 5) is 7.07. The molecule has 0 radical (unpaired) electrons. The van der Waals surface area contributed by atoms with E-state index < -0.39 is 0 Å². The maximum atomic E-state index is 9.77. The molecule has 1 unspecified atom stereocenters. The number of rotatable bonds is 3. The largest absolute Gasteiger partial charge is 0.494 e. The Morgan fingerprint density at radius 2 is 2.05 bits per heavy atom. The molecule has 22 heavy (non-hydrogen) atoms. The molecule has 2 aromatic rings. The first-order valence-corrected chi connectivity index (χ1v) is 7.97. The summed E-state index contributed by atoms with van der Waals surface area (Å²) in [6.45, 7) is 5.88. The number of benzene rings is 1. The molecule has 1 saturated heterocycles. The topological polar surface area (TPSA) is 45.6 Å². The fourth-order valence-corrected chi connectivity index (χ4v) is 3.38. The second kappa shape index (κ2) is 6.13. The van der Waals surface area contributed by atoms with Gasteiger partial charge >= 0.3 is 0 Å². The van der Waals surface area contributed by atoms with Crippen molar-refractivity contribution < 1.29 is 9.84 Å². The van der Waals surface area contributed by atoms with E-state index in [9.17, 15) is 5.11 Å². The molecule has 4 heteroatoms. The van der Waals surface area contributed by atoms with Gasteiger partial charge in [-0.3, -0.25) is 0 Å². The van der Waals surface area contributed by atoms with Crippen LogP contribution < -0.4 is 9.64 Å². The van der Waals surface area contributed by atoms with Crippen LogP contribution in [0.4, 0.5) is 5.69 Å². The zero-order valence-electron chi connectivity index (χ0n) is 13.5. The van der Waals surface area contributed by atoms with E-state index in [-0.39, 0.29) is 6.10 Å². The van der Waals surface area contributed by atoms with Crippen LogP contribution in [-0.2, 0) is 0 Å². The van der Waals surface area contributed by atoms with Crippen molar-refractivity contribution in [3.05, 3.63) is 30.0 Å². The molecule has 0 amide bonds. The van der Waals surface area contributed by atoms with Crippen molar-refractivity contribution in [2.75, 3.05) is 25.1 Å². The molecule has 1 aromatic carbocycles. The zero-order chi connectivity index (χ0) is 15.7.